The van der Waals surface area contributed by atoms with E-state index in [-0.39, 0.29) is 11.6 Å². The second kappa shape index (κ2) is 9.80. The Bertz CT molecular complexity index is 1070. The van der Waals surface area contributed by atoms with Gasteiger partial charge in [-0.3, -0.25) is 4.79 Å². The second-order valence-corrected chi connectivity index (χ2v) is 8.19. The number of hydrogen-bond donors (Lipinski definition) is 1. The van der Waals surface area contributed by atoms with E-state index in [0.717, 1.165) is 51.3 Å². The molecule has 0 aliphatic carbocycles. The standard InChI is InChI=1S/C23H27F3N6O/c1-29-12-14-30(15-13-29)9-5-8-27-21(33)20-17-28-32(22(20)31-10-2-3-11-31)19-7-4-6-18(16-19)23(24,25)26/h2-4,6-7,10-11,16-17H,5,8-9,12-15H2,1H3,(H,27,33). The Morgan fingerprint density at radius 2 is 1.82 bits per heavy atom. The molecule has 0 radical (unpaired) electrons. The summed E-state index contributed by atoms with van der Waals surface area (Å²) in [6.07, 6.45) is 1.19. The Kier molecular flexibility index (Phi) is 6.85. The summed E-state index contributed by atoms with van der Waals surface area (Å²) in [5.74, 6) is 0.0752. The smallest absolute Gasteiger partial charge is 0.352 e. The molecule has 0 spiro atoms. The number of amides is 1. The zero-order valence-electron chi connectivity index (χ0n) is 18.4. The molecule has 3 heterocycles. The molecule has 1 N–H and O–H groups in total. The van der Waals surface area contributed by atoms with E-state index in [1.54, 1.807) is 29.1 Å². The molecule has 1 aliphatic heterocycles. The van der Waals surface area contributed by atoms with Crippen molar-refractivity contribution in [1.29, 1.82) is 0 Å². The van der Waals surface area contributed by atoms with Crippen LogP contribution in [-0.4, -0.2) is 76.4 Å². The molecule has 4 rings (SSSR count). The summed E-state index contributed by atoms with van der Waals surface area (Å²) >= 11 is 0. The lowest BCUT2D eigenvalue weighted by molar-refractivity contribution is -0.137. The van der Waals surface area contributed by atoms with Crippen LogP contribution in [0.2, 0.25) is 0 Å². The van der Waals surface area contributed by atoms with Crippen molar-refractivity contribution in [1.82, 2.24) is 29.5 Å². The van der Waals surface area contributed by atoms with Gasteiger partial charge in [0.1, 0.15) is 5.56 Å². The van der Waals surface area contributed by atoms with Crippen LogP contribution in [0.3, 0.4) is 0 Å². The molecule has 0 bridgehead atoms. The second-order valence-electron chi connectivity index (χ2n) is 8.19. The van der Waals surface area contributed by atoms with Crippen LogP contribution in [0.1, 0.15) is 22.3 Å². The van der Waals surface area contributed by atoms with Gasteiger partial charge in [-0.1, -0.05) is 6.07 Å². The maximum atomic E-state index is 13.2. The molecule has 3 aromatic rings. The lowest BCUT2D eigenvalue weighted by atomic mass is 10.2. The molecular weight excluding hydrogens is 433 g/mol. The molecule has 33 heavy (non-hydrogen) atoms. The van der Waals surface area contributed by atoms with Crippen molar-refractivity contribution in [3.05, 3.63) is 66.1 Å². The summed E-state index contributed by atoms with van der Waals surface area (Å²) < 4.78 is 42.7. The summed E-state index contributed by atoms with van der Waals surface area (Å²) in [6.45, 7) is 5.54. The van der Waals surface area contributed by atoms with Crippen molar-refractivity contribution in [2.24, 2.45) is 0 Å². The van der Waals surface area contributed by atoms with Gasteiger partial charge < -0.3 is 19.7 Å². The number of nitrogens with zero attached hydrogens (tertiary/aromatic N) is 5. The number of benzene rings is 1. The number of carbonyl (C=O) groups is 1. The van der Waals surface area contributed by atoms with Crippen LogP contribution in [-0.2, 0) is 6.18 Å². The fourth-order valence-corrected chi connectivity index (χ4v) is 3.90. The van der Waals surface area contributed by atoms with Crippen molar-refractivity contribution < 1.29 is 18.0 Å². The average molecular weight is 461 g/mol. The van der Waals surface area contributed by atoms with Gasteiger partial charge in [-0.2, -0.15) is 18.3 Å². The van der Waals surface area contributed by atoms with Crippen LogP contribution in [0, 0.1) is 0 Å². The van der Waals surface area contributed by atoms with E-state index in [0.29, 0.717) is 17.9 Å². The highest BCUT2D eigenvalue weighted by Crippen LogP contribution is 2.31. The molecule has 1 aromatic carbocycles. The molecule has 2 aromatic heterocycles. The molecule has 0 saturated carbocycles. The zero-order valence-corrected chi connectivity index (χ0v) is 18.4. The van der Waals surface area contributed by atoms with Crippen LogP contribution < -0.4 is 5.32 Å². The number of nitrogens with one attached hydrogen (secondary N) is 1. The highest BCUT2D eigenvalue weighted by molar-refractivity contribution is 5.97. The van der Waals surface area contributed by atoms with E-state index < -0.39 is 11.7 Å². The Morgan fingerprint density at radius 3 is 2.52 bits per heavy atom. The Morgan fingerprint density at radius 1 is 1.09 bits per heavy atom. The lowest BCUT2D eigenvalue weighted by Gasteiger charge is -2.32. The predicted molar refractivity (Wildman–Crippen MR) is 119 cm³/mol. The quantitative estimate of drug-likeness (QED) is 0.551. The van der Waals surface area contributed by atoms with Crippen molar-refractivity contribution >= 4 is 5.91 Å². The molecule has 7 nitrogen and oxygen atoms in total. The van der Waals surface area contributed by atoms with E-state index in [1.165, 1.54) is 23.0 Å². The van der Waals surface area contributed by atoms with Gasteiger partial charge in [-0.15, -0.1) is 0 Å². The first kappa shape index (κ1) is 23.1. The van der Waals surface area contributed by atoms with E-state index in [9.17, 15) is 18.0 Å². The van der Waals surface area contributed by atoms with Gasteiger partial charge in [0.15, 0.2) is 5.82 Å². The molecule has 1 amide bonds. The third-order valence-electron chi connectivity index (χ3n) is 5.79. The third-order valence-corrected chi connectivity index (χ3v) is 5.79. The van der Waals surface area contributed by atoms with E-state index in [2.05, 4.69) is 27.3 Å². The predicted octanol–water partition coefficient (Wildman–Crippen LogP) is 3.05. The van der Waals surface area contributed by atoms with Crippen molar-refractivity contribution in [3.8, 4) is 11.5 Å². The normalized spacial score (nSPS) is 15.6. The summed E-state index contributed by atoms with van der Waals surface area (Å²) in [7, 11) is 2.11. The molecule has 1 aliphatic rings. The Labute approximate surface area is 190 Å². The summed E-state index contributed by atoms with van der Waals surface area (Å²) in [5, 5.41) is 7.18. The molecule has 176 valence electrons. The summed E-state index contributed by atoms with van der Waals surface area (Å²) in [4.78, 5) is 17.6. The van der Waals surface area contributed by atoms with E-state index >= 15 is 0 Å². The summed E-state index contributed by atoms with van der Waals surface area (Å²) in [6, 6.07) is 8.46. The van der Waals surface area contributed by atoms with Gasteiger partial charge in [-0.05, 0) is 50.3 Å². The fourth-order valence-electron chi connectivity index (χ4n) is 3.90. The van der Waals surface area contributed by atoms with E-state index in [1.807, 2.05) is 0 Å². The highest BCUT2D eigenvalue weighted by atomic mass is 19.4. The number of hydrogen-bond acceptors (Lipinski definition) is 4. The first-order chi connectivity index (χ1) is 15.8. The minimum absolute atomic E-state index is 0.225. The minimum Gasteiger partial charge on any atom is -0.352 e. The number of carbonyl (C=O) groups excluding carboxylic acids is 1. The largest absolute Gasteiger partial charge is 0.416 e. The van der Waals surface area contributed by atoms with Gasteiger partial charge in [-0.25, -0.2) is 4.68 Å². The van der Waals surface area contributed by atoms with Crippen LogP contribution in [0.15, 0.2) is 55.0 Å². The number of rotatable bonds is 7. The first-order valence-electron chi connectivity index (χ1n) is 10.9. The number of likely N-dealkylation sites (N-methyl/N-ethyl adjacent to an activating group) is 1. The maximum absolute atomic E-state index is 13.2. The van der Waals surface area contributed by atoms with E-state index in [4.69, 9.17) is 0 Å². The topological polar surface area (TPSA) is 58.3 Å². The van der Waals surface area contributed by atoms with Crippen LogP contribution >= 0.6 is 0 Å². The monoisotopic (exact) mass is 460 g/mol. The summed E-state index contributed by atoms with van der Waals surface area (Å²) in [5.41, 5.74) is -0.255. The highest BCUT2D eigenvalue weighted by Gasteiger charge is 2.31. The molecule has 10 heteroatoms. The Balaban J connectivity index is 1.50. The number of alkyl halides is 3. The molecule has 0 atom stereocenters. The first-order valence-corrected chi connectivity index (χ1v) is 10.9. The molecule has 1 fully saturated rings. The van der Waals surface area contributed by atoms with Gasteiger partial charge >= 0.3 is 6.18 Å². The van der Waals surface area contributed by atoms with Crippen LogP contribution in [0.4, 0.5) is 13.2 Å². The molecular formula is C23H27F3N6O. The van der Waals surface area contributed by atoms with Crippen molar-refractivity contribution in [2.45, 2.75) is 12.6 Å². The SMILES string of the molecule is CN1CCN(CCCNC(=O)c2cnn(-c3cccc(C(F)(F)F)c3)c2-n2cccc2)CC1. The number of aromatic nitrogens is 3. The molecule has 0 unspecified atom stereocenters. The number of halogens is 3. The van der Waals surface area contributed by atoms with Gasteiger partial charge in [0, 0.05) is 45.1 Å². The maximum Gasteiger partial charge on any atom is 0.416 e. The van der Waals surface area contributed by atoms with Crippen LogP contribution in [0.5, 0.6) is 0 Å². The number of piperazine rings is 1. The fraction of sp³-hybridized carbons (Fsp3) is 0.391. The van der Waals surface area contributed by atoms with Crippen LogP contribution in [0.25, 0.3) is 11.5 Å². The Hall–Kier alpha value is -3.11. The third kappa shape index (κ3) is 5.45. The van der Waals surface area contributed by atoms with Crippen molar-refractivity contribution in [3.63, 3.8) is 0 Å². The van der Waals surface area contributed by atoms with Gasteiger partial charge in [0.25, 0.3) is 5.91 Å². The zero-order chi connectivity index (χ0) is 23.4. The molecule has 1 saturated heterocycles. The average Bonchev–Trinajstić information content (AvgIpc) is 3.47. The van der Waals surface area contributed by atoms with Crippen molar-refractivity contribution in [2.75, 3.05) is 46.3 Å². The van der Waals surface area contributed by atoms with Gasteiger partial charge in [0.2, 0.25) is 0 Å². The minimum atomic E-state index is -4.47. The lowest BCUT2D eigenvalue weighted by Crippen LogP contribution is -2.45. The van der Waals surface area contributed by atoms with Gasteiger partial charge in [0.05, 0.1) is 17.4 Å².